The number of pyridine rings is 3. The highest BCUT2D eigenvalue weighted by molar-refractivity contribution is 5.99. The number of aromatic nitrogens is 6. The number of hydrogen-bond acceptors (Lipinski definition) is 6. The van der Waals surface area contributed by atoms with E-state index in [-0.39, 0.29) is 5.75 Å². The Bertz CT molecular complexity index is 1670. The Morgan fingerprint density at radius 1 is 1.00 bits per heavy atom. The molecule has 0 aliphatic heterocycles. The molecule has 3 N–H and O–H groups in total. The van der Waals surface area contributed by atoms with Crippen molar-refractivity contribution in [2.45, 2.75) is 0 Å². The van der Waals surface area contributed by atoms with Gasteiger partial charge in [0.05, 0.1) is 30.2 Å². The molecule has 5 heterocycles. The quantitative estimate of drug-likeness (QED) is 0.344. The number of fused-ring (bicyclic) bond motifs is 2. The second kappa shape index (κ2) is 7.66. The molecule has 1 aromatic carbocycles. The van der Waals surface area contributed by atoms with Crippen molar-refractivity contribution >= 4 is 22.1 Å². The fraction of sp³-hybridized carbons (Fsp3) is 0.0400. The van der Waals surface area contributed by atoms with Crippen LogP contribution >= 0.6 is 0 Å². The molecule has 0 aliphatic carbocycles. The van der Waals surface area contributed by atoms with Gasteiger partial charge in [-0.1, -0.05) is 0 Å². The van der Waals surface area contributed by atoms with Gasteiger partial charge in [-0.25, -0.2) is 14.4 Å². The number of ether oxygens (including phenoxy) is 1. The van der Waals surface area contributed by atoms with E-state index in [9.17, 15) is 9.50 Å². The van der Waals surface area contributed by atoms with E-state index in [0.717, 1.165) is 33.8 Å². The molecule has 0 aliphatic rings. The van der Waals surface area contributed by atoms with Gasteiger partial charge in [0.2, 0.25) is 0 Å². The van der Waals surface area contributed by atoms with Gasteiger partial charge >= 0.3 is 0 Å². The number of benzene rings is 1. The Hall–Kier alpha value is -4.79. The maximum atomic E-state index is 13.9. The second-order valence-corrected chi connectivity index (χ2v) is 7.78. The molecule has 0 bridgehead atoms. The van der Waals surface area contributed by atoms with Gasteiger partial charge in [0.15, 0.2) is 0 Å². The van der Waals surface area contributed by atoms with Crippen molar-refractivity contribution in [2.24, 2.45) is 0 Å². The topological polar surface area (TPSA) is 113 Å². The highest BCUT2D eigenvalue weighted by Gasteiger charge is 2.16. The third-order valence-corrected chi connectivity index (χ3v) is 5.63. The number of hydrogen-bond donors (Lipinski definition) is 3. The summed E-state index contributed by atoms with van der Waals surface area (Å²) in [4.78, 5) is 16.7. The summed E-state index contributed by atoms with van der Waals surface area (Å²) in [5.41, 5.74) is 6.22. The molecule has 0 unspecified atom stereocenters. The fourth-order valence-corrected chi connectivity index (χ4v) is 4.05. The largest absolute Gasteiger partial charge is 0.508 e. The number of aromatic amines is 2. The number of nitrogens with one attached hydrogen (secondary N) is 2. The molecule has 9 heteroatoms. The third kappa shape index (κ3) is 3.30. The van der Waals surface area contributed by atoms with Gasteiger partial charge in [-0.3, -0.25) is 10.1 Å². The van der Waals surface area contributed by atoms with E-state index >= 15 is 0 Å². The Balaban J connectivity index is 1.49. The molecule has 5 aromatic heterocycles. The summed E-state index contributed by atoms with van der Waals surface area (Å²) in [7, 11) is 1.59. The van der Waals surface area contributed by atoms with E-state index in [1.54, 1.807) is 31.8 Å². The minimum absolute atomic E-state index is 0.141. The standard InChI is InChI=1S/C25H17FN6O2/c1-34-17-8-14(11-27-12-17)20-2-3-21-23(29-20)24(32-31-21)22-10-19-18(4-5-28-25(19)30-22)13-6-15(26)9-16(33)7-13/h2-12,33H,1H3,(H,28,30)(H,31,32). The van der Waals surface area contributed by atoms with Crippen LogP contribution in [0.4, 0.5) is 4.39 Å². The van der Waals surface area contributed by atoms with Crippen molar-refractivity contribution in [1.29, 1.82) is 0 Å². The summed E-state index contributed by atoms with van der Waals surface area (Å²) >= 11 is 0. The number of phenols is 1. The molecular formula is C25H17FN6O2. The number of phenolic OH excluding ortho intramolecular Hbond substituents is 1. The lowest BCUT2D eigenvalue weighted by molar-refractivity contribution is 0.413. The average Bonchev–Trinajstić information content (AvgIpc) is 3.46. The number of nitrogens with zero attached hydrogens (tertiary/aromatic N) is 4. The van der Waals surface area contributed by atoms with Crippen molar-refractivity contribution in [3.8, 4) is 45.3 Å². The highest BCUT2D eigenvalue weighted by atomic mass is 19.1. The van der Waals surface area contributed by atoms with Gasteiger partial charge in [0.25, 0.3) is 0 Å². The Morgan fingerprint density at radius 2 is 1.91 bits per heavy atom. The smallest absolute Gasteiger partial charge is 0.138 e. The monoisotopic (exact) mass is 452 g/mol. The zero-order valence-corrected chi connectivity index (χ0v) is 17.9. The molecule has 0 radical (unpaired) electrons. The van der Waals surface area contributed by atoms with Crippen LogP contribution in [-0.4, -0.2) is 42.3 Å². The van der Waals surface area contributed by atoms with Crippen LogP contribution in [-0.2, 0) is 0 Å². The predicted molar refractivity (Wildman–Crippen MR) is 126 cm³/mol. The number of rotatable bonds is 4. The Labute approximate surface area is 192 Å². The van der Waals surface area contributed by atoms with Crippen molar-refractivity contribution in [3.63, 3.8) is 0 Å². The molecule has 0 saturated heterocycles. The second-order valence-electron chi connectivity index (χ2n) is 7.78. The molecule has 0 spiro atoms. The number of H-pyrrole nitrogens is 2. The normalized spacial score (nSPS) is 11.4. The van der Waals surface area contributed by atoms with E-state index < -0.39 is 5.82 Å². The first kappa shape index (κ1) is 19.9. The van der Waals surface area contributed by atoms with E-state index in [4.69, 9.17) is 9.72 Å². The maximum Gasteiger partial charge on any atom is 0.138 e. The lowest BCUT2D eigenvalue weighted by atomic mass is 10.0. The van der Waals surface area contributed by atoms with E-state index in [0.29, 0.717) is 33.9 Å². The van der Waals surface area contributed by atoms with Crippen LogP contribution in [0.25, 0.3) is 55.8 Å². The molecule has 0 atom stereocenters. The van der Waals surface area contributed by atoms with Crippen molar-refractivity contribution in [3.05, 3.63) is 72.9 Å². The van der Waals surface area contributed by atoms with Gasteiger partial charge in [-0.15, -0.1) is 0 Å². The van der Waals surface area contributed by atoms with Crippen LogP contribution in [0.1, 0.15) is 0 Å². The first-order valence-electron chi connectivity index (χ1n) is 10.4. The molecule has 0 amide bonds. The summed E-state index contributed by atoms with van der Waals surface area (Å²) in [5.74, 6) is -0.0139. The van der Waals surface area contributed by atoms with Crippen molar-refractivity contribution < 1.29 is 14.2 Å². The van der Waals surface area contributed by atoms with Gasteiger partial charge < -0.3 is 14.8 Å². The number of halogens is 1. The molecule has 166 valence electrons. The van der Waals surface area contributed by atoms with E-state index in [1.807, 2.05) is 24.3 Å². The molecule has 8 nitrogen and oxygen atoms in total. The molecule has 6 rings (SSSR count). The highest BCUT2D eigenvalue weighted by Crippen LogP contribution is 2.34. The zero-order chi connectivity index (χ0) is 23.2. The van der Waals surface area contributed by atoms with Gasteiger partial charge in [-0.2, -0.15) is 5.10 Å². The van der Waals surface area contributed by atoms with Crippen LogP contribution in [0.2, 0.25) is 0 Å². The third-order valence-electron chi connectivity index (χ3n) is 5.63. The zero-order valence-electron chi connectivity index (χ0n) is 17.9. The molecule has 6 aromatic rings. The SMILES string of the molecule is COc1cncc(-c2ccc3[nH]nc(-c4cc5c(-c6cc(O)cc(F)c6)ccnc5[nH]4)c3n2)c1. The molecular weight excluding hydrogens is 435 g/mol. The first-order valence-corrected chi connectivity index (χ1v) is 10.4. The maximum absolute atomic E-state index is 13.9. The van der Waals surface area contributed by atoms with Crippen molar-refractivity contribution in [2.75, 3.05) is 7.11 Å². The van der Waals surface area contributed by atoms with Crippen LogP contribution < -0.4 is 4.74 Å². The van der Waals surface area contributed by atoms with Crippen LogP contribution in [0.5, 0.6) is 11.5 Å². The summed E-state index contributed by atoms with van der Waals surface area (Å²) in [5, 5.41) is 18.1. The molecule has 0 saturated carbocycles. The molecule has 34 heavy (non-hydrogen) atoms. The lowest BCUT2D eigenvalue weighted by Gasteiger charge is -2.04. The fourth-order valence-electron chi connectivity index (χ4n) is 4.05. The molecule has 0 fully saturated rings. The minimum Gasteiger partial charge on any atom is -0.508 e. The van der Waals surface area contributed by atoms with Gasteiger partial charge in [0.1, 0.15) is 34.2 Å². The summed E-state index contributed by atoms with van der Waals surface area (Å²) < 4.78 is 19.2. The predicted octanol–water partition coefficient (Wildman–Crippen LogP) is 5.08. The van der Waals surface area contributed by atoms with Gasteiger partial charge in [-0.05, 0) is 53.6 Å². The summed E-state index contributed by atoms with van der Waals surface area (Å²) in [6.45, 7) is 0. The summed E-state index contributed by atoms with van der Waals surface area (Å²) in [6, 6.07) is 13.3. The van der Waals surface area contributed by atoms with E-state index in [1.165, 1.54) is 12.1 Å². The van der Waals surface area contributed by atoms with Crippen molar-refractivity contribution in [1.82, 2.24) is 30.1 Å². The van der Waals surface area contributed by atoms with Crippen LogP contribution in [0, 0.1) is 5.82 Å². The lowest BCUT2D eigenvalue weighted by Crippen LogP contribution is -1.89. The Morgan fingerprint density at radius 3 is 2.76 bits per heavy atom. The number of aromatic hydroxyl groups is 1. The number of methoxy groups -OCH3 is 1. The first-order chi connectivity index (χ1) is 16.6. The minimum atomic E-state index is -0.516. The summed E-state index contributed by atoms with van der Waals surface area (Å²) in [6.07, 6.45) is 5.00. The van der Waals surface area contributed by atoms with Crippen LogP contribution in [0.3, 0.4) is 0 Å². The average molecular weight is 452 g/mol. The Kier molecular flexibility index (Phi) is 4.48. The van der Waals surface area contributed by atoms with Gasteiger partial charge in [0, 0.05) is 29.4 Å². The van der Waals surface area contributed by atoms with E-state index in [2.05, 4.69) is 25.1 Å². The van der Waals surface area contributed by atoms with Crippen LogP contribution in [0.15, 0.2) is 67.1 Å².